The lowest BCUT2D eigenvalue weighted by Gasteiger charge is -2.22. The molecule has 4 heteroatoms. The average Bonchev–Trinajstić information content (AvgIpc) is 2.86. The maximum atomic E-state index is 5.36. The van der Waals surface area contributed by atoms with Crippen LogP contribution in [0.25, 0.3) is 16.9 Å². The van der Waals surface area contributed by atoms with Gasteiger partial charge in [-0.3, -0.25) is 4.40 Å². The number of benzene rings is 1. The van der Waals surface area contributed by atoms with Crippen LogP contribution in [-0.4, -0.2) is 22.0 Å². The Balaban J connectivity index is 2.26. The van der Waals surface area contributed by atoms with E-state index in [4.69, 9.17) is 9.72 Å². The van der Waals surface area contributed by atoms with E-state index in [0.29, 0.717) is 0 Å². The van der Waals surface area contributed by atoms with Gasteiger partial charge in [0, 0.05) is 17.3 Å². The highest BCUT2D eigenvalue weighted by Crippen LogP contribution is 2.33. The molecule has 4 nitrogen and oxygen atoms in total. The zero-order valence-corrected chi connectivity index (χ0v) is 14.3. The Kier molecular flexibility index (Phi) is 3.76. The molecule has 0 saturated heterocycles. The summed E-state index contributed by atoms with van der Waals surface area (Å²) in [6, 6.07) is 12.2. The number of nitrogens with one attached hydrogen (secondary N) is 1. The molecular weight excluding hydrogens is 286 g/mol. The van der Waals surface area contributed by atoms with E-state index in [1.54, 1.807) is 7.11 Å². The van der Waals surface area contributed by atoms with Gasteiger partial charge >= 0.3 is 0 Å². The van der Waals surface area contributed by atoms with Crippen molar-refractivity contribution in [3.63, 3.8) is 0 Å². The van der Waals surface area contributed by atoms with Crippen LogP contribution >= 0.6 is 0 Å². The molecule has 1 aromatic carbocycles. The first-order chi connectivity index (χ1) is 10.9. The van der Waals surface area contributed by atoms with Gasteiger partial charge in [-0.1, -0.05) is 18.2 Å². The molecular formula is C19H23N3O. The van der Waals surface area contributed by atoms with E-state index in [9.17, 15) is 0 Å². The Labute approximate surface area is 137 Å². The van der Waals surface area contributed by atoms with Gasteiger partial charge in [-0.25, -0.2) is 4.98 Å². The highest BCUT2D eigenvalue weighted by atomic mass is 16.5. The largest absolute Gasteiger partial charge is 0.497 e. The third-order valence-corrected chi connectivity index (χ3v) is 3.68. The van der Waals surface area contributed by atoms with Crippen LogP contribution in [0.15, 0.2) is 42.6 Å². The Hall–Kier alpha value is -2.49. The molecule has 0 amide bonds. The molecule has 120 valence electrons. The summed E-state index contributed by atoms with van der Waals surface area (Å²) in [6.45, 7) is 8.53. The number of imidazole rings is 1. The van der Waals surface area contributed by atoms with Crippen molar-refractivity contribution in [2.24, 2.45) is 0 Å². The number of nitrogens with zero attached hydrogens (tertiary/aromatic N) is 2. The van der Waals surface area contributed by atoms with Crippen LogP contribution in [0.5, 0.6) is 5.75 Å². The number of ether oxygens (including phenoxy) is 1. The Bertz CT molecular complexity index is 843. The number of rotatable bonds is 3. The SMILES string of the molecule is COc1cccc(-c2nc3c(C)cccn3c2NC(C)(C)C)c1. The lowest BCUT2D eigenvalue weighted by Crippen LogP contribution is -2.27. The van der Waals surface area contributed by atoms with E-state index in [1.807, 2.05) is 30.5 Å². The van der Waals surface area contributed by atoms with E-state index in [2.05, 4.69) is 49.5 Å². The number of aromatic nitrogens is 2. The van der Waals surface area contributed by atoms with E-state index in [-0.39, 0.29) is 5.54 Å². The van der Waals surface area contributed by atoms with E-state index in [1.165, 1.54) is 0 Å². The first-order valence-corrected chi connectivity index (χ1v) is 7.79. The van der Waals surface area contributed by atoms with E-state index >= 15 is 0 Å². The standard InChI is InChI=1S/C19H23N3O/c1-13-8-7-11-22-17(13)20-16(18(22)21-19(2,3)4)14-9-6-10-15(12-14)23-5/h6-12,21H,1-5H3. The smallest absolute Gasteiger partial charge is 0.142 e. The van der Waals surface area contributed by atoms with Gasteiger partial charge in [-0.15, -0.1) is 0 Å². The van der Waals surface area contributed by atoms with Crippen molar-refractivity contribution in [2.45, 2.75) is 33.2 Å². The molecule has 3 rings (SSSR count). The van der Waals surface area contributed by atoms with E-state index in [0.717, 1.165) is 34.0 Å². The number of fused-ring (bicyclic) bond motifs is 1. The molecule has 0 aliphatic rings. The summed E-state index contributed by atoms with van der Waals surface area (Å²) < 4.78 is 7.48. The molecule has 0 aliphatic carbocycles. The van der Waals surface area contributed by atoms with Crippen LogP contribution in [0.1, 0.15) is 26.3 Å². The van der Waals surface area contributed by atoms with Crippen LogP contribution < -0.4 is 10.1 Å². The normalized spacial score (nSPS) is 11.7. The lowest BCUT2D eigenvalue weighted by atomic mass is 10.1. The first-order valence-electron chi connectivity index (χ1n) is 7.79. The molecule has 0 aliphatic heterocycles. The third kappa shape index (κ3) is 3.02. The summed E-state index contributed by atoms with van der Waals surface area (Å²) in [4.78, 5) is 4.89. The minimum Gasteiger partial charge on any atom is -0.497 e. The summed E-state index contributed by atoms with van der Waals surface area (Å²) >= 11 is 0. The molecule has 0 fully saturated rings. The topological polar surface area (TPSA) is 38.6 Å². The molecule has 2 aromatic heterocycles. The number of pyridine rings is 1. The number of methoxy groups -OCH3 is 1. The summed E-state index contributed by atoms with van der Waals surface area (Å²) in [5, 5.41) is 3.60. The van der Waals surface area contributed by atoms with Gasteiger partial charge in [-0.05, 0) is 51.5 Å². The minimum absolute atomic E-state index is 0.0622. The summed E-state index contributed by atoms with van der Waals surface area (Å²) in [7, 11) is 1.68. The van der Waals surface area contributed by atoms with Gasteiger partial charge in [0.1, 0.15) is 22.9 Å². The molecule has 0 atom stereocenters. The lowest BCUT2D eigenvalue weighted by molar-refractivity contribution is 0.415. The van der Waals surface area contributed by atoms with E-state index < -0.39 is 0 Å². The molecule has 0 unspecified atom stereocenters. The Morgan fingerprint density at radius 3 is 2.61 bits per heavy atom. The van der Waals surface area contributed by atoms with Crippen molar-refractivity contribution in [1.82, 2.24) is 9.38 Å². The predicted molar refractivity (Wildman–Crippen MR) is 95.3 cm³/mol. The van der Waals surface area contributed by atoms with Crippen molar-refractivity contribution < 1.29 is 4.74 Å². The van der Waals surface area contributed by atoms with Crippen molar-refractivity contribution in [2.75, 3.05) is 12.4 Å². The third-order valence-electron chi connectivity index (χ3n) is 3.68. The van der Waals surface area contributed by atoms with Crippen LogP contribution in [0.2, 0.25) is 0 Å². The van der Waals surface area contributed by atoms with Crippen molar-refractivity contribution >= 4 is 11.5 Å². The maximum Gasteiger partial charge on any atom is 0.142 e. The highest BCUT2D eigenvalue weighted by Gasteiger charge is 2.20. The second-order valence-corrected chi connectivity index (χ2v) is 6.80. The minimum atomic E-state index is -0.0622. The molecule has 3 aromatic rings. The number of aryl methyl sites for hydroxylation is 1. The second kappa shape index (κ2) is 5.61. The fraction of sp³-hybridized carbons (Fsp3) is 0.316. The van der Waals surface area contributed by atoms with Gasteiger partial charge < -0.3 is 10.1 Å². The fourth-order valence-corrected chi connectivity index (χ4v) is 2.65. The summed E-state index contributed by atoms with van der Waals surface area (Å²) in [6.07, 6.45) is 2.05. The molecule has 0 spiro atoms. The van der Waals surface area contributed by atoms with Crippen LogP contribution in [0.3, 0.4) is 0 Å². The summed E-state index contributed by atoms with van der Waals surface area (Å²) in [5.74, 6) is 1.84. The Morgan fingerprint density at radius 1 is 1.13 bits per heavy atom. The predicted octanol–water partition coefficient (Wildman–Crippen LogP) is 4.53. The van der Waals surface area contributed by atoms with Gasteiger partial charge in [0.15, 0.2) is 0 Å². The van der Waals surface area contributed by atoms with Gasteiger partial charge in [0.05, 0.1) is 7.11 Å². The fourth-order valence-electron chi connectivity index (χ4n) is 2.65. The zero-order valence-electron chi connectivity index (χ0n) is 14.3. The monoisotopic (exact) mass is 309 g/mol. The molecule has 1 N–H and O–H groups in total. The van der Waals surface area contributed by atoms with Crippen molar-refractivity contribution in [3.8, 4) is 17.0 Å². The van der Waals surface area contributed by atoms with Crippen molar-refractivity contribution in [1.29, 1.82) is 0 Å². The highest BCUT2D eigenvalue weighted by molar-refractivity contribution is 5.78. The summed E-state index contributed by atoms with van der Waals surface area (Å²) in [5.41, 5.74) is 4.04. The quantitative estimate of drug-likeness (QED) is 0.772. The number of hydrogen-bond donors (Lipinski definition) is 1. The Morgan fingerprint density at radius 2 is 1.91 bits per heavy atom. The van der Waals surface area contributed by atoms with Gasteiger partial charge in [0.2, 0.25) is 0 Å². The molecule has 0 radical (unpaired) electrons. The number of hydrogen-bond acceptors (Lipinski definition) is 3. The van der Waals surface area contributed by atoms with Crippen LogP contribution in [0.4, 0.5) is 5.82 Å². The zero-order chi connectivity index (χ0) is 16.6. The average molecular weight is 309 g/mol. The molecule has 2 heterocycles. The maximum absolute atomic E-state index is 5.36. The molecule has 0 bridgehead atoms. The molecule has 0 saturated carbocycles. The first kappa shape index (κ1) is 15.4. The van der Waals surface area contributed by atoms with Gasteiger partial charge in [0.25, 0.3) is 0 Å². The van der Waals surface area contributed by atoms with Gasteiger partial charge in [-0.2, -0.15) is 0 Å². The van der Waals surface area contributed by atoms with Crippen LogP contribution in [-0.2, 0) is 0 Å². The second-order valence-electron chi connectivity index (χ2n) is 6.80. The number of anilines is 1. The molecule has 23 heavy (non-hydrogen) atoms. The van der Waals surface area contributed by atoms with Crippen LogP contribution in [0, 0.1) is 6.92 Å². The van der Waals surface area contributed by atoms with Crippen molar-refractivity contribution in [3.05, 3.63) is 48.2 Å².